The third-order valence-electron chi connectivity index (χ3n) is 4.88. The first-order valence-electron chi connectivity index (χ1n) is 8.91. The Kier molecular flexibility index (Phi) is 3.57. The fourth-order valence-corrected chi connectivity index (χ4v) is 3.61. The second-order valence-electron chi connectivity index (χ2n) is 6.67. The fourth-order valence-electron chi connectivity index (χ4n) is 3.61. The summed E-state index contributed by atoms with van der Waals surface area (Å²) in [6.07, 6.45) is 0.913. The van der Waals surface area contributed by atoms with Gasteiger partial charge in [0.2, 0.25) is 0 Å². The summed E-state index contributed by atoms with van der Waals surface area (Å²) in [6.45, 7) is 0. The monoisotopic (exact) mass is 334 g/mol. The van der Waals surface area contributed by atoms with Crippen molar-refractivity contribution < 1.29 is 4.42 Å². The Hall–Kier alpha value is -3.32. The van der Waals surface area contributed by atoms with E-state index >= 15 is 0 Å². The summed E-state index contributed by atoms with van der Waals surface area (Å²) in [5.74, 6) is 0. The van der Waals surface area contributed by atoms with E-state index in [0.29, 0.717) is 0 Å². The summed E-state index contributed by atoms with van der Waals surface area (Å²) in [7, 11) is 0. The van der Waals surface area contributed by atoms with Gasteiger partial charge < -0.3 is 4.42 Å². The molecule has 0 saturated carbocycles. The highest BCUT2D eigenvalue weighted by Crippen LogP contribution is 2.30. The smallest absolute Gasteiger partial charge is 0.135 e. The average molecular weight is 334 g/mol. The minimum absolute atomic E-state index is 0.913. The summed E-state index contributed by atoms with van der Waals surface area (Å²) in [5, 5.41) is 2.37. The summed E-state index contributed by atoms with van der Waals surface area (Å²) < 4.78 is 5.93. The molecular weight excluding hydrogens is 316 g/mol. The highest BCUT2D eigenvalue weighted by Gasteiger charge is 2.07. The maximum Gasteiger partial charge on any atom is 0.135 e. The Bertz CT molecular complexity index is 1200. The van der Waals surface area contributed by atoms with E-state index in [1.807, 2.05) is 12.1 Å². The fraction of sp³-hybridized carbons (Fsp3) is 0.0400. The van der Waals surface area contributed by atoms with Gasteiger partial charge in [-0.15, -0.1) is 0 Å². The van der Waals surface area contributed by atoms with Gasteiger partial charge in [-0.05, 0) is 46.9 Å². The van der Waals surface area contributed by atoms with E-state index in [9.17, 15) is 0 Å². The molecule has 5 aromatic rings. The maximum atomic E-state index is 5.93. The van der Waals surface area contributed by atoms with Gasteiger partial charge in [0.15, 0.2) is 0 Å². The molecule has 0 bridgehead atoms. The Morgan fingerprint density at radius 1 is 0.500 bits per heavy atom. The largest absolute Gasteiger partial charge is 0.456 e. The van der Waals surface area contributed by atoms with E-state index in [4.69, 9.17) is 4.42 Å². The molecule has 0 amide bonds. The number of fused-ring (bicyclic) bond motifs is 3. The van der Waals surface area contributed by atoms with Crippen LogP contribution in [0.4, 0.5) is 0 Å². The Morgan fingerprint density at radius 2 is 1.23 bits per heavy atom. The molecule has 26 heavy (non-hydrogen) atoms. The van der Waals surface area contributed by atoms with Gasteiger partial charge in [0.05, 0.1) is 0 Å². The number of hydrogen-bond acceptors (Lipinski definition) is 1. The van der Waals surface area contributed by atoms with Crippen molar-refractivity contribution >= 4 is 21.9 Å². The van der Waals surface area contributed by atoms with Crippen molar-refractivity contribution in [2.75, 3.05) is 0 Å². The van der Waals surface area contributed by atoms with Gasteiger partial charge in [0, 0.05) is 10.8 Å². The summed E-state index contributed by atoms with van der Waals surface area (Å²) >= 11 is 0. The molecular formula is C25H18O. The van der Waals surface area contributed by atoms with E-state index in [0.717, 1.165) is 17.6 Å². The summed E-state index contributed by atoms with van der Waals surface area (Å²) in [6, 6.07) is 34.1. The second-order valence-corrected chi connectivity index (χ2v) is 6.67. The van der Waals surface area contributed by atoms with Crippen molar-refractivity contribution in [1.82, 2.24) is 0 Å². The van der Waals surface area contributed by atoms with Crippen LogP contribution in [0.2, 0.25) is 0 Å². The number of furan rings is 1. The van der Waals surface area contributed by atoms with E-state index in [-0.39, 0.29) is 0 Å². The van der Waals surface area contributed by atoms with Crippen LogP contribution in [0, 0.1) is 0 Å². The molecule has 124 valence electrons. The van der Waals surface area contributed by atoms with Crippen LogP contribution >= 0.6 is 0 Å². The molecule has 0 N–H and O–H groups in total. The Balaban J connectivity index is 1.52. The molecule has 0 spiro atoms. The van der Waals surface area contributed by atoms with E-state index in [2.05, 4.69) is 84.9 Å². The SMILES string of the molecule is c1ccc(-c2cccc(Cc3ccc4oc5ccccc5c4c3)c2)cc1. The normalized spacial score (nSPS) is 11.2. The second kappa shape index (κ2) is 6.20. The van der Waals surface area contributed by atoms with Crippen molar-refractivity contribution in [2.45, 2.75) is 6.42 Å². The van der Waals surface area contributed by atoms with Crippen molar-refractivity contribution in [2.24, 2.45) is 0 Å². The van der Waals surface area contributed by atoms with E-state index in [1.54, 1.807) is 0 Å². The molecule has 4 aromatic carbocycles. The van der Waals surface area contributed by atoms with Gasteiger partial charge in [-0.2, -0.15) is 0 Å². The van der Waals surface area contributed by atoms with Gasteiger partial charge in [-0.1, -0.05) is 78.9 Å². The Morgan fingerprint density at radius 3 is 2.15 bits per heavy atom. The minimum atomic E-state index is 0.913. The van der Waals surface area contributed by atoms with Crippen LogP contribution in [-0.2, 0) is 6.42 Å². The third-order valence-corrected chi connectivity index (χ3v) is 4.88. The van der Waals surface area contributed by atoms with Gasteiger partial charge in [-0.25, -0.2) is 0 Å². The highest BCUT2D eigenvalue weighted by atomic mass is 16.3. The van der Waals surface area contributed by atoms with Crippen molar-refractivity contribution in [3.05, 3.63) is 108 Å². The van der Waals surface area contributed by atoms with Crippen LogP contribution in [0.3, 0.4) is 0 Å². The zero-order chi connectivity index (χ0) is 17.3. The lowest BCUT2D eigenvalue weighted by atomic mass is 9.98. The first kappa shape index (κ1) is 15.0. The first-order valence-corrected chi connectivity index (χ1v) is 8.91. The zero-order valence-electron chi connectivity index (χ0n) is 14.4. The van der Waals surface area contributed by atoms with Crippen LogP contribution in [0.1, 0.15) is 11.1 Å². The molecule has 1 nitrogen and oxygen atoms in total. The molecule has 1 heterocycles. The van der Waals surface area contributed by atoms with Crippen LogP contribution < -0.4 is 0 Å². The molecule has 0 fully saturated rings. The molecule has 5 rings (SSSR count). The van der Waals surface area contributed by atoms with E-state index < -0.39 is 0 Å². The number of rotatable bonds is 3. The van der Waals surface area contributed by atoms with Crippen LogP contribution in [0.5, 0.6) is 0 Å². The van der Waals surface area contributed by atoms with Crippen LogP contribution in [0.25, 0.3) is 33.1 Å². The lowest BCUT2D eigenvalue weighted by molar-refractivity contribution is 0.669. The predicted molar refractivity (Wildman–Crippen MR) is 108 cm³/mol. The van der Waals surface area contributed by atoms with Gasteiger partial charge >= 0.3 is 0 Å². The molecule has 0 saturated heterocycles. The molecule has 0 unspecified atom stereocenters. The molecule has 0 aliphatic carbocycles. The summed E-state index contributed by atoms with van der Waals surface area (Å²) in [4.78, 5) is 0. The van der Waals surface area contributed by atoms with Gasteiger partial charge in [0.25, 0.3) is 0 Å². The van der Waals surface area contributed by atoms with Crippen molar-refractivity contribution in [1.29, 1.82) is 0 Å². The molecule has 0 radical (unpaired) electrons. The lowest BCUT2D eigenvalue weighted by Gasteiger charge is -2.06. The topological polar surface area (TPSA) is 13.1 Å². The molecule has 0 aliphatic heterocycles. The maximum absolute atomic E-state index is 5.93. The predicted octanol–water partition coefficient (Wildman–Crippen LogP) is 6.84. The van der Waals surface area contributed by atoms with Crippen molar-refractivity contribution in [3.8, 4) is 11.1 Å². The summed E-state index contributed by atoms with van der Waals surface area (Å²) in [5.41, 5.74) is 7.04. The Labute approximate surface area is 152 Å². The van der Waals surface area contributed by atoms with Crippen LogP contribution in [-0.4, -0.2) is 0 Å². The molecule has 1 aromatic heterocycles. The van der Waals surface area contributed by atoms with Gasteiger partial charge in [0.1, 0.15) is 11.2 Å². The lowest BCUT2D eigenvalue weighted by Crippen LogP contribution is -1.89. The third kappa shape index (κ3) is 2.68. The number of hydrogen-bond donors (Lipinski definition) is 0. The quantitative estimate of drug-likeness (QED) is 0.352. The molecule has 0 aliphatic rings. The highest BCUT2D eigenvalue weighted by molar-refractivity contribution is 6.05. The molecule has 0 atom stereocenters. The number of benzene rings is 4. The minimum Gasteiger partial charge on any atom is -0.456 e. The first-order chi connectivity index (χ1) is 12.9. The standard InChI is InChI=1S/C25H18O/c1-2-8-20(9-3-1)21-10-6-7-18(16-21)15-19-13-14-25-23(17-19)22-11-4-5-12-24(22)26-25/h1-14,16-17H,15H2. The number of para-hydroxylation sites is 1. The van der Waals surface area contributed by atoms with E-state index in [1.165, 1.54) is 33.0 Å². The average Bonchev–Trinajstić information content (AvgIpc) is 3.07. The zero-order valence-corrected chi connectivity index (χ0v) is 14.4. The molecule has 1 heteroatoms. The van der Waals surface area contributed by atoms with Crippen molar-refractivity contribution in [3.63, 3.8) is 0 Å². The van der Waals surface area contributed by atoms with Gasteiger partial charge in [-0.3, -0.25) is 0 Å². The van der Waals surface area contributed by atoms with Crippen LogP contribution in [0.15, 0.2) is 101 Å².